The van der Waals surface area contributed by atoms with Crippen LogP contribution >= 0.6 is 11.6 Å². The highest BCUT2D eigenvalue weighted by atomic mass is 35.5. The second-order valence-electron chi connectivity index (χ2n) is 3.81. The quantitative estimate of drug-likeness (QED) is 0.670. The summed E-state index contributed by atoms with van der Waals surface area (Å²) in [4.78, 5) is 15.4. The molecular weight excluding hydrogens is 236 g/mol. The zero-order valence-electron chi connectivity index (χ0n) is 9.11. The van der Waals surface area contributed by atoms with Gasteiger partial charge in [-0.1, -0.05) is 29.8 Å². The standard InChI is InChI=1S/C12H9ClN4/c1-7-2-4-8(5-3-7)9-10-11(15-6-14-10)17-12(13)16-9/h2-6H,1H3,(H,14,15,16,17). The third-order valence-corrected chi connectivity index (χ3v) is 2.75. The fourth-order valence-electron chi connectivity index (χ4n) is 1.73. The molecule has 0 bridgehead atoms. The lowest BCUT2D eigenvalue weighted by Gasteiger charge is -2.03. The van der Waals surface area contributed by atoms with Gasteiger partial charge in [-0.05, 0) is 18.5 Å². The summed E-state index contributed by atoms with van der Waals surface area (Å²) in [5.74, 6) is 0. The number of nitrogens with one attached hydrogen (secondary N) is 1. The van der Waals surface area contributed by atoms with Crippen LogP contribution < -0.4 is 0 Å². The van der Waals surface area contributed by atoms with E-state index in [0.717, 1.165) is 16.8 Å². The van der Waals surface area contributed by atoms with Crippen LogP contribution in [0, 0.1) is 6.92 Å². The van der Waals surface area contributed by atoms with Crippen molar-refractivity contribution in [3.63, 3.8) is 0 Å². The van der Waals surface area contributed by atoms with E-state index in [2.05, 4.69) is 19.9 Å². The largest absolute Gasteiger partial charge is 0.341 e. The Kier molecular flexibility index (Phi) is 2.30. The van der Waals surface area contributed by atoms with Gasteiger partial charge in [0.2, 0.25) is 5.28 Å². The van der Waals surface area contributed by atoms with Gasteiger partial charge in [-0.25, -0.2) is 9.97 Å². The molecule has 0 spiro atoms. The lowest BCUT2D eigenvalue weighted by atomic mass is 10.1. The molecule has 0 fully saturated rings. The van der Waals surface area contributed by atoms with Crippen LogP contribution in [-0.2, 0) is 0 Å². The number of hydrogen-bond donors (Lipinski definition) is 1. The number of H-pyrrole nitrogens is 1. The van der Waals surface area contributed by atoms with Crippen LogP contribution in [-0.4, -0.2) is 19.9 Å². The van der Waals surface area contributed by atoms with Gasteiger partial charge in [0.15, 0.2) is 5.65 Å². The Hall–Kier alpha value is -1.94. The van der Waals surface area contributed by atoms with Gasteiger partial charge >= 0.3 is 0 Å². The molecule has 0 radical (unpaired) electrons. The van der Waals surface area contributed by atoms with Gasteiger partial charge in [-0.3, -0.25) is 0 Å². The van der Waals surface area contributed by atoms with E-state index in [-0.39, 0.29) is 5.28 Å². The number of benzene rings is 1. The lowest BCUT2D eigenvalue weighted by molar-refractivity contribution is 1.20. The minimum atomic E-state index is 0.208. The topological polar surface area (TPSA) is 54.5 Å². The van der Waals surface area contributed by atoms with E-state index in [1.807, 2.05) is 31.2 Å². The molecule has 4 nitrogen and oxygen atoms in total. The summed E-state index contributed by atoms with van der Waals surface area (Å²) in [6.45, 7) is 2.04. The summed E-state index contributed by atoms with van der Waals surface area (Å²) in [5, 5.41) is 0.208. The molecule has 1 aromatic carbocycles. The minimum Gasteiger partial charge on any atom is -0.341 e. The minimum absolute atomic E-state index is 0.208. The molecule has 0 amide bonds. The van der Waals surface area contributed by atoms with Crippen molar-refractivity contribution in [1.29, 1.82) is 0 Å². The molecule has 0 aliphatic heterocycles. The number of nitrogens with zero attached hydrogens (tertiary/aromatic N) is 3. The number of halogens is 1. The van der Waals surface area contributed by atoms with E-state index < -0.39 is 0 Å². The molecule has 0 unspecified atom stereocenters. The zero-order valence-corrected chi connectivity index (χ0v) is 9.86. The molecule has 3 aromatic rings. The van der Waals surface area contributed by atoms with Crippen LogP contribution in [0.3, 0.4) is 0 Å². The average Bonchev–Trinajstić information content (AvgIpc) is 2.77. The van der Waals surface area contributed by atoms with Crippen molar-refractivity contribution in [2.24, 2.45) is 0 Å². The molecule has 84 valence electrons. The van der Waals surface area contributed by atoms with Crippen molar-refractivity contribution in [2.75, 3.05) is 0 Å². The Morgan fingerprint density at radius 3 is 2.65 bits per heavy atom. The number of hydrogen-bond acceptors (Lipinski definition) is 3. The first kappa shape index (κ1) is 10.2. The van der Waals surface area contributed by atoms with Gasteiger partial charge < -0.3 is 4.98 Å². The van der Waals surface area contributed by atoms with E-state index >= 15 is 0 Å². The molecule has 3 rings (SSSR count). The predicted molar refractivity (Wildman–Crippen MR) is 66.9 cm³/mol. The smallest absolute Gasteiger partial charge is 0.225 e. The van der Waals surface area contributed by atoms with Crippen LogP contribution in [0.4, 0.5) is 0 Å². The molecule has 0 atom stereocenters. The normalized spacial score (nSPS) is 10.9. The third-order valence-electron chi connectivity index (χ3n) is 2.58. The molecule has 0 aliphatic rings. The Labute approximate surface area is 103 Å². The second-order valence-corrected chi connectivity index (χ2v) is 4.15. The summed E-state index contributed by atoms with van der Waals surface area (Å²) in [7, 11) is 0. The summed E-state index contributed by atoms with van der Waals surface area (Å²) in [6.07, 6.45) is 1.59. The fraction of sp³-hybridized carbons (Fsp3) is 0.0833. The SMILES string of the molecule is Cc1ccc(-c2nc(Cl)nc3nc[nH]c23)cc1. The average molecular weight is 245 g/mol. The first-order chi connectivity index (χ1) is 8.24. The predicted octanol–water partition coefficient (Wildman–Crippen LogP) is 2.98. The Morgan fingerprint density at radius 1 is 1.12 bits per heavy atom. The molecule has 0 saturated heterocycles. The first-order valence-corrected chi connectivity index (χ1v) is 5.55. The van der Waals surface area contributed by atoms with E-state index in [1.54, 1.807) is 6.33 Å². The highest BCUT2D eigenvalue weighted by Gasteiger charge is 2.10. The van der Waals surface area contributed by atoms with Gasteiger partial charge in [0.05, 0.1) is 6.33 Å². The van der Waals surface area contributed by atoms with Gasteiger partial charge in [0, 0.05) is 5.56 Å². The highest BCUT2D eigenvalue weighted by molar-refractivity contribution is 6.28. The van der Waals surface area contributed by atoms with E-state index in [9.17, 15) is 0 Å². The fourth-order valence-corrected chi connectivity index (χ4v) is 1.89. The van der Waals surface area contributed by atoms with E-state index in [0.29, 0.717) is 5.65 Å². The van der Waals surface area contributed by atoms with Gasteiger partial charge in [-0.2, -0.15) is 4.98 Å². The maximum Gasteiger partial charge on any atom is 0.225 e. The molecule has 1 N–H and O–H groups in total. The molecule has 0 aliphatic carbocycles. The lowest BCUT2D eigenvalue weighted by Crippen LogP contribution is -1.90. The van der Waals surface area contributed by atoms with Crippen LogP contribution in [0.5, 0.6) is 0 Å². The summed E-state index contributed by atoms with van der Waals surface area (Å²) < 4.78 is 0. The van der Waals surface area contributed by atoms with E-state index in [1.165, 1.54) is 5.56 Å². The van der Waals surface area contributed by atoms with Crippen molar-refractivity contribution in [3.8, 4) is 11.3 Å². The summed E-state index contributed by atoms with van der Waals surface area (Å²) in [5.41, 5.74) is 4.36. The van der Waals surface area contributed by atoms with Gasteiger partial charge in [0.1, 0.15) is 11.2 Å². The van der Waals surface area contributed by atoms with Crippen molar-refractivity contribution < 1.29 is 0 Å². The maximum atomic E-state index is 5.89. The van der Waals surface area contributed by atoms with Crippen LogP contribution in [0.25, 0.3) is 22.4 Å². The molecule has 5 heteroatoms. The molecular formula is C12H9ClN4. The molecule has 2 aromatic heterocycles. The van der Waals surface area contributed by atoms with Gasteiger partial charge in [-0.15, -0.1) is 0 Å². The number of rotatable bonds is 1. The summed E-state index contributed by atoms with van der Waals surface area (Å²) >= 11 is 5.89. The Bertz CT molecular complexity index is 673. The number of imidazole rings is 1. The zero-order chi connectivity index (χ0) is 11.8. The molecule has 0 saturated carbocycles. The Balaban J connectivity index is 2.28. The van der Waals surface area contributed by atoms with E-state index in [4.69, 9.17) is 11.6 Å². The number of fused-ring (bicyclic) bond motifs is 1. The molecule has 2 heterocycles. The number of aromatic amines is 1. The number of aryl methyl sites for hydroxylation is 1. The van der Waals surface area contributed by atoms with Crippen LogP contribution in [0.2, 0.25) is 5.28 Å². The number of aromatic nitrogens is 4. The second kappa shape index (κ2) is 3.82. The highest BCUT2D eigenvalue weighted by Crippen LogP contribution is 2.25. The third kappa shape index (κ3) is 1.76. The molecule has 17 heavy (non-hydrogen) atoms. The summed E-state index contributed by atoms with van der Waals surface area (Å²) in [6, 6.07) is 8.09. The van der Waals surface area contributed by atoms with Crippen LogP contribution in [0.1, 0.15) is 5.56 Å². The van der Waals surface area contributed by atoms with Crippen molar-refractivity contribution in [3.05, 3.63) is 41.4 Å². The van der Waals surface area contributed by atoms with Crippen molar-refractivity contribution >= 4 is 22.8 Å². The maximum absolute atomic E-state index is 5.89. The van der Waals surface area contributed by atoms with Crippen molar-refractivity contribution in [1.82, 2.24) is 19.9 Å². The van der Waals surface area contributed by atoms with Crippen molar-refractivity contribution in [2.45, 2.75) is 6.92 Å². The Morgan fingerprint density at radius 2 is 1.88 bits per heavy atom. The van der Waals surface area contributed by atoms with Crippen LogP contribution in [0.15, 0.2) is 30.6 Å². The van der Waals surface area contributed by atoms with Gasteiger partial charge in [0.25, 0.3) is 0 Å². The monoisotopic (exact) mass is 244 g/mol. The first-order valence-electron chi connectivity index (χ1n) is 5.18.